The van der Waals surface area contributed by atoms with Gasteiger partial charge in [-0.1, -0.05) is 30.0 Å². The standard InChI is InChI=1S/C27H30N2O6S2/c1-17-18(2)35-24-12-21(4-5-22(24)26(17)31)32-14-20(30)15-37-27(36)29-9-7-28(8-10-29)13-19-3-6-23-25(11-19)34-16-33-23/h3-6,11-12,20,30H,7-10,13-16H2,1-2H3. The number of aliphatic hydroxyl groups excluding tert-OH is 1. The summed E-state index contributed by atoms with van der Waals surface area (Å²) in [5.74, 6) is 3.20. The van der Waals surface area contributed by atoms with Crippen molar-refractivity contribution in [1.82, 2.24) is 9.80 Å². The Morgan fingerprint density at radius 2 is 1.89 bits per heavy atom. The van der Waals surface area contributed by atoms with Gasteiger partial charge in [-0.05, 0) is 43.7 Å². The highest BCUT2D eigenvalue weighted by molar-refractivity contribution is 8.22. The van der Waals surface area contributed by atoms with Gasteiger partial charge in [-0.3, -0.25) is 9.69 Å². The van der Waals surface area contributed by atoms with Crippen molar-refractivity contribution in [2.24, 2.45) is 0 Å². The molecule has 1 fully saturated rings. The summed E-state index contributed by atoms with van der Waals surface area (Å²) in [5.41, 5.74) is 2.25. The third-order valence-corrected chi connectivity index (χ3v) is 8.31. The van der Waals surface area contributed by atoms with Crippen LogP contribution in [0.3, 0.4) is 0 Å². The number of benzene rings is 2. The number of ether oxygens (including phenoxy) is 3. The molecule has 3 heterocycles. The van der Waals surface area contributed by atoms with Gasteiger partial charge in [0.25, 0.3) is 0 Å². The van der Waals surface area contributed by atoms with E-state index in [1.54, 1.807) is 32.0 Å². The molecule has 2 aliphatic heterocycles. The van der Waals surface area contributed by atoms with Crippen LogP contribution < -0.4 is 19.6 Å². The number of thiocarbonyl (C=S) groups is 1. The van der Waals surface area contributed by atoms with Crippen LogP contribution in [-0.2, 0) is 6.54 Å². The lowest BCUT2D eigenvalue weighted by molar-refractivity contribution is 0.126. The van der Waals surface area contributed by atoms with E-state index in [-0.39, 0.29) is 18.8 Å². The molecule has 2 aromatic carbocycles. The topological polar surface area (TPSA) is 84.6 Å². The number of rotatable bonds is 7. The molecule has 37 heavy (non-hydrogen) atoms. The van der Waals surface area contributed by atoms with Crippen LogP contribution in [0.1, 0.15) is 16.9 Å². The van der Waals surface area contributed by atoms with Crippen molar-refractivity contribution in [2.75, 3.05) is 45.3 Å². The zero-order valence-electron chi connectivity index (χ0n) is 20.9. The van der Waals surface area contributed by atoms with Gasteiger partial charge in [-0.25, -0.2) is 0 Å². The highest BCUT2D eigenvalue weighted by atomic mass is 32.2. The molecule has 0 bridgehead atoms. The van der Waals surface area contributed by atoms with Crippen LogP contribution in [0.2, 0.25) is 0 Å². The van der Waals surface area contributed by atoms with Crippen LogP contribution in [0.4, 0.5) is 0 Å². The first-order chi connectivity index (χ1) is 17.9. The first-order valence-corrected chi connectivity index (χ1v) is 13.6. The van der Waals surface area contributed by atoms with E-state index in [4.69, 9.17) is 30.8 Å². The molecule has 0 radical (unpaired) electrons. The Bertz CT molecular complexity index is 1350. The Morgan fingerprint density at radius 3 is 2.70 bits per heavy atom. The van der Waals surface area contributed by atoms with Crippen molar-refractivity contribution in [1.29, 1.82) is 0 Å². The second kappa shape index (κ2) is 11.3. The molecule has 0 amide bonds. The van der Waals surface area contributed by atoms with Crippen molar-refractivity contribution in [3.05, 3.63) is 63.5 Å². The van der Waals surface area contributed by atoms with Crippen LogP contribution in [0, 0.1) is 13.8 Å². The van der Waals surface area contributed by atoms with E-state index >= 15 is 0 Å². The summed E-state index contributed by atoms with van der Waals surface area (Å²) in [6.45, 7) is 8.33. The van der Waals surface area contributed by atoms with Crippen molar-refractivity contribution >= 4 is 39.3 Å². The van der Waals surface area contributed by atoms with E-state index in [9.17, 15) is 9.90 Å². The third kappa shape index (κ3) is 6.04. The van der Waals surface area contributed by atoms with Crippen molar-refractivity contribution in [3.8, 4) is 17.2 Å². The quantitative estimate of drug-likeness (QED) is 0.446. The predicted octanol–water partition coefficient (Wildman–Crippen LogP) is 3.71. The minimum Gasteiger partial charge on any atom is -0.491 e. The SMILES string of the molecule is Cc1oc2cc(OCC(O)CSC(=S)N3CCN(Cc4ccc5c(c4)OCO5)CC3)ccc2c(=O)c1C. The van der Waals surface area contributed by atoms with Gasteiger partial charge in [-0.15, -0.1) is 0 Å². The first kappa shape index (κ1) is 25.8. The van der Waals surface area contributed by atoms with Gasteiger partial charge in [0.2, 0.25) is 6.79 Å². The molecule has 8 nitrogen and oxygen atoms in total. The average Bonchev–Trinajstić information content (AvgIpc) is 3.37. The number of fused-ring (bicyclic) bond motifs is 2. The molecule has 1 aromatic heterocycles. The fraction of sp³-hybridized carbons (Fsp3) is 0.407. The molecule has 1 saturated heterocycles. The maximum Gasteiger partial charge on any atom is 0.231 e. The molecule has 3 aromatic rings. The first-order valence-electron chi connectivity index (χ1n) is 12.2. The van der Waals surface area contributed by atoms with E-state index in [1.807, 2.05) is 12.1 Å². The van der Waals surface area contributed by atoms with Gasteiger partial charge in [0.15, 0.2) is 16.9 Å². The largest absolute Gasteiger partial charge is 0.491 e. The fourth-order valence-corrected chi connectivity index (χ4v) is 5.54. The maximum atomic E-state index is 12.4. The van der Waals surface area contributed by atoms with Gasteiger partial charge in [0.05, 0.1) is 11.5 Å². The Hall–Kier alpha value is -2.79. The second-order valence-corrected chi connectivity index (χ2v) is 10.9. The number of piperazine rings is 1. The predicted molar refractivity (Wildman–Crippen MR) is 148 cm³/mol. The van der Waals surface area contributed by atoms with Gasteiger partial charge in [0, 0.05) is 50.1 Å². The van der Waals surface area contributed by atoms with E-state index in [0.29, 0.717) is 33.8 Å². The van der Waals surface area contributed by atoms with Crippen LogP contribution in [-0.4, -0.2) is 70.7 Å². The van der Waals surface area contributed by atoms with E-state index in [0.717, 1.165) is 48.5 Å². The lowest BCUT2D eigenvalue weighted by Gasteiger charge is -2.36. The summed E-state index contributed by atoms with van der Waals surface area (Å²) in [5, 5.41) is 11.0. The minimum atomic E-state index is -0.683. The lowest BCUT2D eigenvalue weighted by Crippen LogP contribution is -2.47. The van der Waals surface area contributed by atoms with Gasteiger partial charge in [0.1, 0.15) is 28.0 Å². The molecule has 2 aliphatic rings. The number of aryl methyl sites for hydroxylation is 1. The van der Waals surface area contributed by atoms with E-state index < -0.39 is 6.10 Å². The number of thioether (sulfide) groups is 1. The molecule has 1 atom stereocenters. The summed E-state index contributed by atoms with van der Waals surface area (Å²) in [6.07, 6.45) is -0.683. The Kier molecular flexibility index (Phi) is 7.89. The molecule has 196 valence electrons. The van der Waals surface area contributed by atoms with E-state index in [1.165, 1.54) is 17.3 Å². The van der Waals surface area contributed by atoms with Crippen molar-refractivity contribution in [2.45, 2.75) is 26.5 Å². The van der Waals surface area contributed by atoms with Crippen molar-refractivity contribution in [3.63, 3.8) is 0 Å². The molecule has 0 spiro atoms. The molecule has 5 rings (SSSR count). The molecular formula is C27H30N2O6S2. The lowest BCUT2D eigenvalue weighted by atomic mass is 10.1. The van der Waals surface area contributed by atoms with Crippen LogP contribution in [0.15, 0.2) is 45.6 Å². The molecule has 10 heteroatoms. The van der Waals surface area contributed by atoms with Gasteiger partial charge < -0.3 is 28.6 Å². The Morgan fingerprint density at radius 1 is 1.11 bits per heavy atom. The summed E-state index contributed by atoms with van der Waals surface area (Å²) in [7, 11) is 0. The minimum absolute atomic E-state index is 0.0380. The summed E-state index contributed by atoms with van der Waals surface area (Å²) in [4.78, 5) is 17.0. The summed E-state index contributed by atoms with van der Waals surface area (Å²) >= 11 is 7.10. The Balaban J connectivity index is 1.05. The normalized spacial score (nSPS) is 16.2. The molecule has 1 N–H and O–H groups in total. The smallest absolute Gasteiger partial charge is 0.231 e. The third-order valence-electron chi connectivity index (χ3n) is 6.64. The zero-order valence-corrected chi connectivity index (χ0v) is 22.5. The summed E-state index contributed by atoms with van der Waals surface area (Å²) < 4.78 is 23.2. The monoisotopic (exact) mass is 542 g/mol. The zero-order chi connectivity index (χ0) is 25.9. The van der Waals surface area contributed by atoms with Crippen LogP contribution in [0.5, 0.6) is 17.2 Å². The molecule has 0 saturated carbocycles. The summed E-state index contributed by atoms with van der Waals surface area (Å²) in [6, 6.07) is 11.2. The Labute approximate surface area is 225 Å². The number of hydrogen-bond acceptors (Lipinski definition) is 9. The second-order valence-electron chi connectivity index (χ2n) is 9.26. The van der Waals surface area contributed by atoms with Crippen molar-refractivity contribution < 1.29 is 23.7 Å². The number of nitrogens with zero attached hydrogens (tertiary/aromatic N) is 2. The fourth-order valence-electron chi connectivity index (χ4n) is 4.35. The van der Waals surface area contributed by atoms with Crippen LogP contribution >= 0.6 is 24.0 Å². The van der Waals surface area contributed by atoms with Gasteiger partial charge in [-0.2, -0.15) is 0 Å². The average molecular weight is 543 g/mol. The molecule has 1 unspecified atom stereocenters. The molecular weight excluding hydrogens is 512 g/mol. The highest BCUT2D eigenvalue weighted by Crippen LogP contribution is 2.33. The maximum absolute atomic E-state index is 12.4. The number of hydrogen-bond donors (Lipinski definition) is 1. The number of aliphatic hydroxyl groups is 1. The van der Waals surface area contributed by atoms with E-state index in [2.05, 4.69) is 15.9 Å². The highest BCUT2D eigenvalue weighted by Gasteiger charge is 2.21. The molecule has 0 aliphatic carbocycles. The van der Waals surface area contributed by atoms with Crippen LogP contribution in [0.25, 0.3) is 11.0 Å². The van der Waals surface area contributed by atoms with Gasteiger partial charge >= 0.3 is 0 Å².